The van der Waals surface area contributed by atoms with Crippen LogP contribution >= 0.6 is 12.4 Å². The van der Waals surface area contributed by atoms with Crippen LogP contribution in [0.25, 0.3) is 0 Å². The number of nitrogens with one attached hydrogen (secondary N) is 2. The molecule has 0 unspecified atom stereocenters. The third-order valence-electron chi connectivity index (χ3n) is 3.39. The Bertz CT molecular complexity index is 465. The van der Waals surface area contributed by atoms with E-state index in [9.17, 15) is 4.79 Å². The van der Waals surface area contributed by atoms with Crippen LogP contribution in [0.1, 0.15) is 39.2 Å². The first-order valence-corrected chi connectivity index (χ1v) is 7.56. The molecule has 1 aromatic heterocycles. The summed E-state index contributed by atoms with van der Waals surface area (Å²) in [6.07, 6.45) is 3.59. The lowest BCUT2D eigenvalue weighted by molar-refractivity contribution is -0.125. The molecule has 22 heavy (non-hydrogen) atoms. The van der Waals surface area contributed by atoms with Gasteiger partial charge < -0.3 is 15.4 Å². The van der Waals surface area contributed by atoms with Crippen molar-refractivity contribution in [2.45, 2.75) is 45.8 Å². The van der Waals surface area contributed by atoms with E-state index in [0.29, 0.717) is 12.4 Å². The lowest BCUT2D eigenvalue weighted by Gasteiger charge is -2.22. The van der Waals surface area contributed by atoms with E-state index in [2.05, 4.69) is 15.6 Å². The lowest BCUT2D eigenvalue weighted by atomic mass is 9.97. The molecule has 1 aromatic rings. The van der Waals surface area contributed by atoms with Crippen LogP contribution in [0.3, 0.4) is 0 Å². The third kappa shape index (κ3) is 6.20. The highest BCUT2D eigenvalue weighted by atomic mass is 35.5. The van der Waals surface area contributed by atoms with Crippen molar-refractivity contribution in [2.75, 3.05) is 13.1 Å². The van der Waals surface area contributed by atoms with E-state index in [-0.39, 0.29) is 29.8 Å². The van der Waals surface area contributed by atoms with Crippen LogP contribution in [0.4, 0.5) is 0 Å². The molecule has 1 fully saturated rings. The minimum absolute atomic E-state index is 0. The van der Waals surface area contributed by atoms with Gasteiger partial charge in [-0.3, -0.25) is 4.79 Å². The standard InChI is InChI=1S/C16H25N3O2.ClH/c1-16(2,3)21-14-5-4-12(10-18-14)11-19-15(20)13-6-8-17-9-7-13;/h4-5,10,13,17H,6-9,11H2,1-3H3,(H,19,20);1H. The van der Waals surface area contributed by atoms with Gasteiger partial charge in [0.1, 0.15) is 5.60 Å². The van der Waals surface area contributed by atoms with Gasteiger partial charge in [0.2, 0.25) is 11.8 Å². The predicted octanol–water partition coefficient (Wildman–Crippen LogP) is 2.30. The van der Waals surface area contributed by atoms with Crippen LogP contribution in [0, 0.1) is 5.92 Å². The van der Waals surface area contributed by atoms with Crippen molar-refractivity contribution in [3.63, 3.8) is 0 Å². The van der Waals surface area contributed by atoms with Crippen molar-refractivity contribution in [1.82, 2.24) is 15.6 Å². The van der Waals surface area contributed by atoms with Crippen molar-refractivity contribution in [3.05, 3.63) is 23.9 Å². The van der Waals surface area contributed by atoms with Crippen LogP contribution in [0.15, 0.2) is 18.3 Å². The summed E-state index contributed by atoms with van der Waals surface area (Å²) < 4.78 is 5.67. The van der Waals surface area contributed by atoms with Gasteiger partial charge in [-0.25, -0.2) is 4.98 Å². The molecule has 0 atom stereocenters. The molecule has 0 spiro atoms. The van der Waals surface area contributed by atoms with Gasteiger partial charge in [0.25, 0.3) is 0 Å². The van der Waals surface area contributed by atoms with Gasteiger partial charge in [0.15, 0.2) is 0 Å². The number of carbonyl (C=O) groups is 1. The molecular weight excluding hydrogens is 302 g/mol. The van der Waals surface area contributed by atoms with Crippen LogP contribution < -0.4 is 15.4 Å². The Hall–Kier alpha value is -1.33. The molecule has 1 saturated heterocycles. The van der Waals surface area contributed by atoms with Crippen molar-refractivity contribution in [3.8, 4) is 5.88 Å². The maximum atomic E-state index is 12.0. The van der Waals surface area contributed by atoms with E-state index >= 15 is 0 Å². The lowest BCUT2D eigenvalue weighted by Crippen LogP contribution is -2.37. The highest BCUT2D eigenvalue weighted by molar-refractivity contribution is 5.85. The predicted molar refractivity (Wildman–Crippen MR) is 89.3 cm³/mol. The number of halogens is 1. The summed E-state index contributed by atoms with van der Waals surface area (Å²) in [5, 5.41) is 6.25. The first kappa shape index (κ1) is 18.7. The van der Waals surface area contributed by atoms with E-state index in [4.69, 9.17) is 4.74 Å². The van der Waals surface area contributed by atoms with Gasteiger partial charge in [-0.1, -0.05) is 6.07 Å². The molecule has 2 heterocycles. The minimum atomic E-state index is -0.252. The molecule has 5 nitrogen and oxygen atoms in total. The summed E-state index contributed by atoms with van der Waals surface area (Å²) >= 11 is 0. The van der Waals surface area contributed by atoms with Crippen LogP contribution in [-0.4, -0.2) is 29.6 Å². The smallest absolute Gasteiger partial charge is 0.223 e. The zero-order valence-electron chi connectivity index (χ0n) is 13.5. The van der Waals surface area contributed by atoms with Crippen LogP contribution in [0.5, 0.6) is 5.88 Å². The van der Waals surface area contributed by atoms with E-state index in [0.717, 1.165) is 31.5 Å². The van der Waals surface area contributed by atoms with Crippen molar-refractivity contribution in [2.24, 2.45) is 5.92 Å². The fourth-order valence-corrected chi connectivity index (χ4v) is 2.31. The molecule has 124 valence electrons. The SMILES string of the molecule is CC(C)(C)Oc1ccc(CNC(=O)C2CCNCC2)cn1.Cl. The molecule has 0 saturated carbocycles. The quantitative estimate of drug-likeness (QED) is 0.890. The Morgan fingerprint density at radius 2 is 2.05 bits per heavy atom. The zero-order chi connectivity index (χ0) is 15.3. The molecule has 2 rings (SSSR count). The number of aromatic nitrogens is 1. The van der Waals surface area contributed by atoms with Crippen molar-refractivity contribution >= 4 is 18.3 Å². The maximum absolute atomic E-state index is 12.0. The number of piperidine rings is 1. The normalized spacial score (nSPS) is 15.8. The molecule has 1 amide bonds. The van der Waals surface area contributed by atoms with Gasteiger partial charge in [-0.2, -0.15) is 0 Å². The number of rotatable bonds is 4. The monoisotopic (exact) mass is 327 g/mol. The number of ether oxygens (including phenoxy) is 1. The Kier molecular flexibility index (Phi) is 7.10. The second kappa shape index (κ2) is 8.34. The summed E-state index contributed by atoms with van der Waals surface area (Å²) in [6, 6.07) is 3.79. The topological polar surface area (TPSA) is 63.2 Å². The number of carbonyl (C=O) groups excluding carboxylic acids is 1. The third-order valence-corrected chi connectivity index (χ3v) is 3.39. The summed E-state index contributed by atoms with van der Waals surface area (Å²) in [7, 11) is 0. The average Bonchev–Trinajstić information content (AvgIpc) is 2.45. The Balaban J connectivity index is 0.00000242. The van der Waals surface area contributed by atoms with Gasteiger partial charge in [0.05, 0.1) is 0 Å². The first-order chi connectivity index (χ1) is 9.94. The van der Waals surface area contributed by atoms with Crippen molar-refractivity contribution < 1.29 is 9.53 Å². The largest absolute Gasteiger partial charge is 0.472 e. The minimum Gasteiger partial charge on any atom is -0.472 e. The molecule has 1 aliphatic heterocycles. The van der Waals surface area contributed by atoms with E-state index in [1.165, 1.54) is 0 Å². The fourth-order valence-electron chi connectivity index (χ4n) is 2.31. The maximum Gasteiger partial charge on any atom is 0.223 e. The van der Waals surface area contributed by atoms with E-state index in [1.807, 2.05) is 32.9 Å². The van der Waals surface area contributed by atoms with Gasteiger partial charge in [-0.15, -0.1) is 12.4 Å². The molecule has 0 bridgehead atoms. The number of nitrogens with zero attached hydrogens (tertiary/aromatic N) is 1. The van der Waals surface area contributed by atoms with Crippen molar-refractivity contribution in [1.29, 1.82) is 0 Å². The average molecular weight is 328 g/mol. The molecule has 0 aromatic carbocycles. The molecular formula is C16H26ClN3O2. The van der Waals surface area contributed by atoms with E-state index in [1.54, 1.807) is 6.20 Å². The van der Waals surface area contributed by atoms with Gasteiger partial charge in [-0.05, 0) is 52.3 Å². The molecule has 6 heteroatoms. The summed E-state index contributed by atoms with van der Waals surface area (Å²) in [5.41, 5.74) is 0.733. The summed E-state index contributed by atoms with van der Waals surface area (Å²) in [6.45, 7) is 8.34. The van der Waals surface area contributed by atoms with E-state index < -0.39 is 0 Å². The Morgan fingerprint density at radius 3 is 2.59 bits per heavy atom. The molecule has 2 N–H and O–H groups in total. The zero-order valence-corrected chi connectivity index (χ0v) is 14.3. The summed E-state index contributed by atoms with van der Waals surface area (Å²) in [4.78, 5) is 16.3. The highest BCUT2D eigenvalue weighted by Crippen LogP contribution is 2.16. The second-order valence-corrected chi connectivity index (χ2v) is 6.46. The molecule has 0 aliphatic carbocycles. The van der Waals surface area contributed by atoms with Gasteiger partial charge >= 0.3 is 0 Å². The first-order valence-electron chi connectivity index (χ1n) is 7.56. The van der Waals surface area contributed by atoms with Crippen LogP contribution in [0.2, 0.25) is 0 Å². The number of amides is 1. The molecule has 1 aliphatic rings. The fraction of sp³-hybridized carbons (Fsp3) is 0.625. The summed E-state index contributed by atoms with van der Waals surface area (Å²) in [5.74, 6) is 0.894. The Morgan fingerprint density at radius 1 is 1.36 bits per heavy atom. The number of hydrogen-bond donors (Lipinski definition) is 2. The molecule has 0 radical (unpaired) electrons. The number of hydrogen-bond acceptors (Lipinski definition) is 4. The Labute approximate surface area is 138 Å². The second-order valence-electron chi connectivity index (χ2n) is 6.46. The van der Waals surface area contributed by atoms with Crippen LogP contribution in [-0.2, 0) is 11.3 Å². The van der Waals surface area contributed by atoms with Gasteiger partial charge in [0, 0.05) is 24.7 Å². The highest BCUT2D eigenvalue weighted by Gasteiger charge is 2.20. The number of pyridine rings is 1.